The summed E-state index contributed by atoms with van der Waals surface area (Å²) in [7, 11) is 0. The summed E-state index contributed by atoms with van der Waals surface area (Å²) in [5.74, 6) is -7.76. The van der Waals surface area contributed by atoms with Gasteiger partial charge in [0.2, 0.25) is 11.6 Å². The Labute approximate surface area is 170 Å². The minimum atomic E-state index is -2.73. The van der Waals surface area contributed by atoms with Crippen molar-refractivity contribution < 1.29 is 30.6 Å². The lowest BCUT2D eigenvalue weighted by atomic mass is 10.1. The fourth-order valence-electron chi connectivity index (χ4n) is 3.58. The molecule has 0 aliphatic carbocycles. The van der Waals surface area contributed by atoms with Gasteiger partial charge >= 0.3 is 0 Å². The molecule has 0 amide bonds. The van der Waals surface area contributed by atoms with Gasteiger partial charge in [0.15, 0.2) is 0 Å². The second kappa shape index (κ2) is 6.73. The van der Waals surface area contributed by atoms with Crippen molar-refractivity contribution in [2.24, 2.45) is 0 Å². The number of benzene rings is 2. The number of aromatic nitrogens is 2. The number of hydrogen-bond donors (Lipinski definition) is 6. The lowest BCUT2D eigenvalue weighted by molar-refractivity contribution is -0.328. The molecular formula is C19H20ClN3O6. The number of β-amino-alcohol motifs (C(OH)–C–C–N with tert-alkyl or cyclic N) is 4. The summed E-state index contributed by atoms with van der Waals surface area (Å²) in [5.41, 5.74) is 1.06. The second-order valence-corrected chi connectivity index (χ2v) is 7.71. The number of rotatable bonds is 4. The molecule has 2 aromatic carbocycles. The molecule has 154 valence electrons. The van der Waals surface area contributed by atoms with E-state index in [9.17, 15) is 30.6 Å². The van der Waals surface area contributed by atoms with Gasteiger partial charge in [-0.25, -0.2) is 4.98 Å². The lowest BCUT2D eigenvalue weighted by Gasteiger charge is -2.27. The number of halogens is 1. The molecule has 3 aromatic rings. The summed E-state index contributed by atoms with van der Waals surface area (Å²) < 4.78 is 1.21. The molecule has 1 aliphatic rings. The third-order valence-electron chi connectivity index (χ3n) is 5.07. The monoisotopic (exact) mass is 421 g/mol. The molecule has 1 saturated heterocycles. The van der Waals surface area contributed by atoms with E-state index >= 15 is 0 Å². The van der Waals surface area contributed by atoms with Gasteiger partial charge in [-0.2, -0.15) is 0 Å². The molecule has 1 aliphatic heterocycles. The molecule has 0 bridgehead atoms. The van der Waals surface area contributed by atoms with Gasteiger partial charge in [0.1, 0.15) is 5.82 Å². The number of nitrogens with zero attached hydrogens (tertiary/aromatic N) is 3. The average Bonchev–Trinajstić information content (AvgIpc) is 3.08. The molecule has 4 rings (SSSR count). The lowest BCUT2D eigenvalue weighted by Crippen LogP contribution is -2.53. The van der Waals surface area contributed by atoms with Crippen LogP contribution >= 0.6 is 11.6 Å². The third kappa shape index (κ3) is 3.41. The summed E-state index contributed by atoms with van der Waals surface area (Å²) in [6.07, 6.45) is 0. The van der Waals surface area contributed by atoms with Gasteiger partial charge in [-0.15, -0.1) is 0 Å². The number of hydrogen-bond acceptors (Lipinski definition) is 8. The second-order valence-electron chi connectivity index (χ2n) is 7.27. The maximum absolute atomic E-state index is 11.0. The zero-order chi connectivity index (χ0) is 21.0. The van der Waals surface area contributed by atoms with Gasteiger partial charge in [0.25, 0.3) is 5.91 Å². The first-order valence-corrected chi connectivity index (χ1v) is 9.18. The number of aliphatic hydroxyl groups is 6. The van der Waals surface area contributed by atoms with Crippen LogP contribution in [-0.2, 0) is 12.5 Å². The van der Waals surface area contributed by atoms with E-state index in [0.717, 1.165) is 0 Å². The smallest absolute Gasteiger partial charge is 0.280 e. The van der Waals surface area contributed by atoms with E-state index in [0.29, 0.717) is 16.1 Å². The van der Waals surface area contributed by atoms with Crippen LogP contribution in [0.3, 0.4) is 0 Å². The average molecular weight is 422 g/mol. The van der Waals surface area contributed by atoms with Crippen molar-refractivity contribution in [2.75, 3.05) is 13.1 Å². The van der Waals surface area contributed by atoms with E-state index in [2.05, 4.69) is 4.98 Å². The zero-order valence-corrected chi connectivity index (χ0v) is 15.9. The van der Waals surface area contributed by atoms with Crippen molar-refractivity contribution >= 4 is 22.6 Å². The first-order chi connectivity index (χ1) is 13.5. The highest BCUT2D eigenvalue weighted by Crippen LogP contribution is 2.32. The molecular weight excluding hydrogens is 402 g/mol. The van der Waals surface area contributed by atoms with Gasteiger partial charge in [-0.3, -0.25) is 9.47 Å². The normalized spacial score (nSPS) is 19.1. The molecule has 6 N–H and O–H groups in total. The van der Waals surface area contributed by atoms with Gasteiger partial charge in [0, 0.05) is 10.6 Å². The van der Waals surface area contributed by atoms with Crippen molar-refractivity contribution in [3.63, 3.8) is 0 Å². The summed E-state index contributed by atoms with van der Waals surface area (Å²) in [5, 5.41) is 61.7. The first-order valence-electron chi connectivity index (χ1n) is 8.81. The molecule has 0 unspecified atom stereocenters. The maximum Gasteiger partial charge on any atom is 0.280 e. The van der Waals surface area contributed by atoms with E-state index in [1.54, 1.807) is 24.3 Å². The van der Waals surface area contributed by atoms with E-state index in [1.807, 2.05) is 0 Å². The Morgan fingerprint density at radius 3 is 2.14 bits per heavy atom. The van der Waals surface area contributed by atoms with Gasteiger partial charge < -0.3 is 30.6 Å². The molecule has 0 radical (unpaired) electrons. The number of imidazole rings is 1. The van der Waals surface area contributed by atoms with Crippen molar-refractivity contribution in [1.82, 2.24) is 14.5 Å². The van der Waals surface area contributed by atoms with Crippen LogP contribution in [-0.4, -0.2) is 69.8 Å². The van der Waals surface area contributed by atoms with E-state index in [-0.39, 0.29) is 17.9 Å². The first kappa shape index (κ1) is 20.2. The molecule has 0 spiro atoms. The van der Waals surface area contributed by atoms with Crippen molar-refractivity contribution in [3.8, 4) is 0 Å². The number of fused-ring (bicyclic) bond motifs is 1. The Balaban J connectivity index is 1.79. The fraction of sp³-hybridized carbons (Fsp3) is 0.316. The Bertz CT molecular complexity index is 1030. The Hall–Kier alpha value is -2.08. The van der Waals surface area contributed by atoms with E-state index in [4.69, 9.17) is 11.6 Å². The van der Waals surface area contributed by atoms with E-state index in [1.165, 1.54) is 33.7 Å². The van der Waals surface area contributed by atoms with Crippen LogP contribution in [0.25, 0.3) is 11.0 Å². The van der Waals surface area contributed by atoms with Crippen molar-refractivity contribution in [3.05, 3.63) is 64.9 Å². The standard InChI is InChI=1S/C19H20ClN3O6/c20-13-7-5-12(6-8-13)19(28,29)23-15-4-2-1-3-14(15)21-16(23)9-22-10-17(24,25)18(26,27)11-22/h1-8,24-29H,9-11H2. The summed E-state index contributed by atoms with van der Waals surface area (Å²) in [4.78, 5) is 5.77. The van der Waals surface area contributed by atoms with Crippen LogP contribution in [0.2, 0.25) is 5.02 Å². The molecule has 1 fully saturated rings. The maximum atomic E-state index is 11.0. The van der Waals surface area contributed by atoms with Crippen LogP contribution in [0.15, 0.2) is 48.5 Å². The van der Waals surface area contributed by atoms with Crippen LogP contribution in [0.4, 0.5) is 0 Å². The van der Waals surface area contributed by atoms with Gasteiger partial charge in [-0.1, -0.05) is 35.9 Å². The largest absolute Gasteiger partial charge is 0.360 e. The fourth-order valence-corrected chi connectivity index (χ4v) is 3.70. The Kier molecular flexibility index (Phi) is 4.69. The van der Waals surface area contributed by atoms with Gasteiger partial charge in [0.05, 0.1) is 30.7 Å². The molecule has 0 saturated carbocycles. The summed E-state index contributed by atoms with van der Waals surface area (Å²) in [6, 6.07) is 12.8. The molecule has 9 nitrogen and oxygen atoms in total. The highest BCUT2D eigenvalue weighted by molar-refractivity contribution is 6.30. The molecule has 2 heterocycles. The highest BCUT2D eigenvalue weighted by Gasteiger charge is 2.55. The summed E-state index contributed by atoms with van der Waals surface area (Å²) >= 11 is 5.90. The minimum absolute atomic E-state index is 0.100. The van der Waals surface area contributed by atoms with Crippen LogP contribution < -0.4 is 0 Å². The van der Waals surface area contributed by atoms with Crippen LogP contribution in [0, 0.1) is 0 Å². The Morgan fingerprint density at radius 2 is 1.52 bits per heavy atom. The zero-order valence-electron chi connectivity index (χ0n) is 15.1. The number of para-hydroxylation sites is 2. The molecule has 0 atom stereocenters. The highest BCUT2D eigenvalue weighted by atomic mass is 35.5. The quantitative estimate of drug-likeness (QED) is 0.310. The van der Waals surface area contributed by atoms with Crippen LogP contribution in [0.1, 0.15) is 11.4 Å². The molecule has 10 heteroatoms. The predicted molar refractivity (Wildman–Crippen MR) is 102 cm³/mol. The van der Waals surface area contributed by atoms with Crippen molar-refractivity contribution in [1.29, 1.82) is 0 Å². The van der Waals surface area contributed by atoms with Gasteiger partial charge in [-0.05, 0) is 24.3 Å². The number of likely N-dealkylation sites (tertiary alicyclic amines) is 1. The van der Waals surface area contributed by atoms with Crippen LogP contribution in [0.5, 0.6) is 0 Å². The molecule has 29 heavy (non-hydrogen) atoms. The Morgan fingerprint density at radius 1 is 0.931 bits per heavy atom. The third-order valence-corrected chi connectivity index (χ3v) is 5.32. The van der Waals surface area contributed by atoms with E-state index < -0.39 is 30.6 Å². The van der Waals surface area contributed by atoms with Crippen molar-refractivity contribution in [2.45, 2.75) is 24.0 Å². The minimum Gasteiger partial charge on any atom is -0.360 e. The topological polar surface area (TPSA) is 142 Å². The molecule has 1 aromatic heterocycles. The summed E-state index contributed by atoms with van der Waals surface area (Å²) in [6.45, 7) is -1.03. The SMILES string of the molecule is OC(O)(c1ccc(Cl)cc1)n1c(CN2CC(O)(O)C(O)(O)C2)nc2ccccc21. The predicted octanol–water partition coefficient (Wildman–Crippen LogP) is -0.490.